The highest BCUT2D eigenvalue weighted by Crippen LogP contribution is 2.27. The Balaban J connectivity index is 2.05. The van der Waals surface area contributed by atoms with E-state index in [0.29, 0.717) is 40.2 Å². The van der Waals surface area contributed by atoms with Crippen LogP contribution in [-0.2, 0) is 17.8 Å². The van der Waals surface area contributed by atoms with Gasteiger partial charge in [-0.3, -0.25) is 9.59 Å². The van der Waals surface area contributed by atoms with Crippen molar-refractivity contribution in [2.45, 2.75) is 60.7 Å². The molecule has 36 heavy (non-hydrogen) atoms. The second kappa shape index (κ2) is 11.3. The molecule has 1 atom stereocenters. The van der Waals surface area contributed by atoms with Gasteiger partial charge in [0.25, 0.3) is 5.91 Å². The molecule has 7 heteroatoms. The number of Topliss-reactive ketones (excluding diaryl/α,β-unsaturated/α-hetero) is 1. The Morgan fingerprint density at radius 3 is 2.14 bits per heavy atom. The Labute approximate surface area is 211 Å². The number of esters is 1. The largest absolute Gasteiger partial charge is 0.461 e. The molecule has 6 nitrogen and oxygen atoms in total. The molecule has 0 N–H and O–H groups in total. The molecular formula is C29H33FN2O4. The van der Waals surface area contributed by atoms with Crippen LogP contribution >= 0.6 is 0 Å². The molecule has 190 valence electrons. The fraction of sp³-hybridized carbons (Fsp3) is 0.345. The molecule has 0 bridgehead atoms. The molecule has 0 fully saturated rings. The number of carbonyl (C=O) groups is 3. The normalized spacial score (nSPS) is 11.8. The second-order valence-corrected chi connectivity index (χ2v) is 8.86. The first kappa shape index (κ1) is 26.9. The monoisotopic (exact) mass is 492 g/mol. The first-order chi connectivity index (χ1) is 17.1. The van der Waals surface area contributed by atoms with Crippen molar-refractivity contribution < 1.29 is 23.5 Å². The number of amides is 1. The van der Waals surface area contributed by atoms with Gasteiger partial charge in [-0.05, 0) is 76.9 Å². The van der Waals surface area contributed by atoms with Crippen LogP contribution in [0.1, 0.15) is 74.4 Å². The number of hydrogen-bond donors (Lipinski definition) is 0. The zero-order valence-corrected chi connectivity index (χ0v) is 21.7. The molecule has 0 aliphatic rings. The Morgan fingerprint density at radius 2 is 1.58 bits per heavy atom. The summed E-state index contributed by atoms with van der Waals surface area (Å²) in [5, 5.41) is 0. The molecule has 0 spiro atoms. The average Bonchev–Trinajstić information content (AvgIpc) is 3.12. The molecule has 1 aromatic heterocycles. The van der Waals surface area contributed by atoms with Crippen molar-refractivity contribution in [2.24, 2.45) is 0 Å². The third kappa shape index (κ3) is 5.40. The van der Waals surface area contributed by atoms with E-state index in [2.05, 4.69) is 0 Å². The zero-order chi connectivity index (χ0) is 26.6. The van der Waals surface area contributed by atoms with E-state index >= 15 is 0 Å². The van der Waals surface area contributed by atoms with Crippen molar-refractivity contribution >= 4 is 17.7 Å². The lowest BCUT2D eigenvalue weighted by Gasteiger charge is -2.29. The Kier molecular flexibility index (Phi) is 8.45. The summed E-state index contributed by atoms with van der Waals surface area (Å²) in [6.07, 6.45) is 0. The van der Waals surface area contributed by atoms with Gasteiger partial charge in [0.05, 0.1) is 12.6 Å². The summed E-state index contributed by atoms with van der Waals surface area (Å²) >= 11 is 0. The van der Waals surface area contributed by atoms with E-state index in [4.69, 9.17) is 4.74 Å². The Bertz CT molecular complexity index is 1260. The molecule has 0 saturated heterocycles. The van der Waals surface area contributed by atoms with Crippen LogP contribution in [0, 0.1) is 26.6 Å². The van der Waals surface area contributed by atoms with E-state index < -0.39 is 12.0 Å². The number of nitrogens with zero attached hydrogens (tertiary/aromatic N) is 2. The topological polar surface area (TPSA) is 68.6 Å². The molecule has 0 aliphatic carbocycles. The summed E-state index contributed by atoms with van der Waals surface area (Å²) in [4.78, 5) is 41.7. The second-order valence-electron chi connectivity index (χ2n) is 8.86. The maximum Gasteiger partial charge on any atom is 0.355 e. The van der Waals surface area contributed by atoms with Crippen LogP contribution in [0.3, 0.4) is 0 Å². The first-order valence-corrected chi connectivity index (χ1v) is 12.1. The van der Waals surface area contributed by atoms with Crippen LogP contribution in [0.15, 0.2) is 48.5 Å². The maximum atomic E-state index is 13.9. The van der Waals surface area contributed by atoms with Crippen LogP contribution in [0.4, 0.5) is 4.39 Å². The highest BCUT2D eigenvalue weighted by Gasteiger charge is 2.33. The van der Waals surface area contributed by atoms with Gasteiger partial charge < -0.3 is 14.2 Å². The minimum atomic E-state index is -0.844. The number of aryl methyl sites for hydroxylation is 1. The smallest absolute Gasteiger partial charge is 0.355 e. The van der Waals surface area contributed by atoms with Gasteiger partial charge in [0.15, 0.2) is 5.78 Å². The number of carbonyl (C=O) groups excluding carboxylic acids is 3. The molecule has 1 unspecified atom stereocenters. The van der Waals surface area contributed by atoms with Gasteiger partial charge in [0.2, 0.25) is 0 Å². The quantitative estimate of drug-likeness (QED) is 0.285. The van der Waals surface area contributed by atoms with E-state index in [0.717, 1.165) is 5.56 Å². The van der Waals surface area contributed by atoms with Crippen molar-refractivity contribution in [2.75, 3.05) is 6.61 Å². The number of aromatic nitrogens is 1. The number of rotatable bonds is 9. The van der Waals surface area contributed by atoms with Gasteiger partial charge in [-0.1, -0.05) is 29.8 Å². The molecule has 0 aliphatic heterocycles. The van der Waals surface area contributed by atoms with Gasteiger partial charge in [-0.15, -0.1) is 0 Å². The van der Waals surface area contributed by atoms with Crippen molar-refractivity contribution in [3.05, 3.63) is 93.6 Å². The van der Waals surface area contributed by atoms with Gasteiger partial charge in [0.1, 0.15) is 11.5 Å². The molecule has 2 aromatic carbocycles. The number of ketones is 1. The van der Waals surface area contributed by atoms with Crippen LogP contribution in [0.2, 0.25) is 0 Å². The van der Waals surface area contributed by atoms with Crippen LogP contribution in [0.25, 0.3) is 0 Å². The van der Waals surface area contributed by atoms with Crippen LogP contribution in [-0.4, -0.2) is 39.8 Å². The maximum absolute atomic E-state index is 13.9. The Hall–Kier alpha value is -3.74. The van der Waals surface area contributed by atoms with Crippen molar-refractivity contribution in [3.63, 3.8) is 0 Å². The van der Waals surface area contributed by atoms with Gasteiger partial charge in [-0.25, -0.2) is 9.18 Å². The molecule has 3 rings (SSSR count). The van der Waals surface area contributed by atoms with Crippen LogP contribution < -0.4 is 0 Å². The summed E-state index contributed by atoms with van der Waals surface area (Å²) in [6.45, 7) is 11.6. The summed E-state index contributed by atoms with van der Waals surface area (Å²) in [6, 6.07) is 12.2. The highest BCUT2D eigenvalue weighted by atomic mass is 19.1. The minimum absolute atomic E-state index is 0.122. The predicted octanol–water partition coefficient (Wildman–Crippen LogP) is 5.66. The Morgan fingerprint density at radius 1 is 0.972 bits per heavy atom. The standard InChI is InChI=1S/C29H33FN2O4/c1-7-31-20(5)25(19(4)26(31)29(35)36-8-2)27(33)21(6)32(17-22-11-15-24(30)16-12-22)28(34)23-13-9-18(3)10-14-23/h9-16,21H,7-8,17H2,1-6H3. The SMILES string of the molecule is CCOC(=O)c1c(C)c(C(=O)C(C)N(Cc2ccc(F)cc2)C(=O)c2ccc(C)cc2)c(C)n1CC. The number of benzene rings is 2. The van der Waals surface area contributed by atoms with Gasteiger partial charge in [0, 0.05) is 29.9 Å². The molecule has 0 saturated carbocycles. The fourth-order valence-electron chi connectivity index (χ4n) is 4.50. The highest BCUT2D eigenvalue weighted by molar-refractivity contribution is 6.07. The average molecular weight is 493 g/mol. The van der Waals surface area contributed by atoms with Crippen molar-refractivity contribution in [1.82, 2.24) is 9.47 Å². The fourth-order valence-corrected chi connectivity index (χ4v) is 4.50. The van der Waals surface area contributed by atoms with Crippen molar-refractivity contribution in [1.29, 1.82) is 0 Å². The van der Waals surface area contributed by atoms with E-state index in [1.165, 1.54) is 17.0 Å². The van der Waals surface area contributed by atoms with E-state index in [-0.39, 0.29) is 30.7 Å². The lowest BCUT2D eigenvalue weighted by molar-refractivity contribution is 0.0512. The van der Waals surface area contributed by atoms with Gasteiger partial charge in [-0.2, -0.15) is 0 Å². The van der Waals surface area contributed by atoms with Crippen molar-refractivity contribution in [3.8, 4) is 0 Å². The third-order valence-electron chi connectivity index (χ3n) is 6.47. The summed E-state index contributed by atoms with van der Waals surface area (Å²) < 4.78 is 20.5. The lowest BCUT2D eigenvalue weighted by Crippen LogP contribution is -2.43. The van der Waals surface area contributed by atoms with Gasteiger partial charge >= 0.3 is 5.97 Å². The number of ether oxygens (including phenoxy) is 1. The molecule has 3 aromatic rings. The van der Waals surface area contributed by atoms with E-state index in [9.17, 15) is 18.8 Å². The molecule has 1 amide bonds. The van der Waals surface area contributed by atoms with E-state index in [1.54, 1.807) is 56.5 Å². The zero-order valence-electron chi connectivity index (χ0n) is 21.7. The minimum Gasteiger partial charge on any atom is -0.461 e. The molecular weight excluding hydrogens is 459 g/mol. The molecule has 0 radical (unpaired) electrons. The summed E-state index contributed by atoms with van der Waals surface area (Å²) in [5.41, 5.74) is 4.11. The number of hydrogen-bond acceptors (Lipinski definition) is 4. The first-order valence-electron chi connectivity index (χ1n) is 12.1. The number of halogens is 1. The van der Waals surface area contributed by atoms with Crippen LogP contribution in [0.5, 0.6) is 0 Å². The lowest BCUT2D eigenvalue weighted by atomic mass is 9.98. The summed E-state index contributed by atoms with van der Waals surface area (Å²) in [7, 11) is 0. The predicted molar refractivity (Wildman–Crippen MR) is 137 cm³/mol. The third-order valence-corrected chi connectivity index (χ3v) is 6.47. The van der Waals surface area contributed by atoms with E-state index in [1.807, 2.05) is 26.0 Å². The summed E-state index contributed by atoms with van der Waals surface area (Å²) in [5.74, 6) is -1.44. The molecule has 1 heterocycles.